The predicted molar refractivity (Wildman–Crippen MR) is 109 cm³/mol. The smallest absolute Gasteiger partial charge is 0.275 e. The maximum atomic E-state index is 12.3. The standard InChI is InChI=1S/C22H29N3O2/c1-18(19-8-4-3-5-9-19)16-23-22(26)17-24-12-14-25(15-13-24)20-10-6-7-11-21(20)27-2/h3-11,18H,12-17H2,1-2H3,(H,23,26)/p+1/t18-/m1/s1. The number of amides is 1. The van der Waals surface area contributed by atoms with Crippen LogP contribution >= 0.6 is 0 Å². The van der Waals surface area contributed by atoms with Crippen molar-refractivity contribution in [2.45, 2.75) is 12.8 Å². The van der Waals surface area contributed by atoms with E-state index in [4.69, 9.17) is 4.74 Å². The SMILES string of the molecule is COc1ccccc1N1CC[NH+](CC(=O)NC[C@@H](C)c2ccccc2)CC1. The Balaban J connectivity index is 1.43. The molecule has 1 aliphatic rings. The van der Waals surface area contributed by atoms with Crippen molar-refractivity contribution < 1.29 is 14.4 Å². The Morgan fingerprint density at radius 2 is 1.78 bits per heavy atom. The summed E-state index contributed by atoms with van der Waals surface area (Å²) in [7, 11) is 1.71. The number of carbonyl (C=O) groups excluding carboxylic acids is 1. The van der Waals surface area contributed by atoms with Crippen LogP contribution < -0.4 is 19.9 Å². The van der Waals surface area contributed by atoms with Gasteiger partial charge in [0, 0.05) is 6.54 Å². The molecule has 1 heterocycles. The summed E-state index contributed by atoms with van der Waals surface area (Å²) in [6.45, 7) is 7.16. The van der Waals surface area contributed by atoms with Gasteiger partial charge in [-0.15, -0.1) is 0 Å². The number of anilines is 1. The maximum absolute atomic E-state index is 12.3. The van der Waals surface area contributed by atoms with Crippen LogP contribution in [0.4, 0.5) is 5.69 Å². The number of para-hydroxylation sites is 2. The number of methoxy groups -OCH3 is 1. The lowest BCUT2D eigenvalue weighted by molar-refractivity contribution is -0.892. The molecule has 144 valence electrons. The van der Waals surface area contributed by atoms with Gasteiger partial charge in [0.2, 0.25) is 0 Å². The van der Waals surface area contributed by atoms with E-state index in [0.29, 0.717) is 19.0 Å². The van der Waals surface area contributed by atoms with Gasteiger partial charge in [0.1, 0.15) is 5.75 Å². The molecule has 1 aliphatic heterocycles. The molecule has 5 nitrogen and oxygen atoms in total. The number of benzene rings is 2. The summed E-state index contributed by atoms with van der Waals surface area (Å²) in [6.07, 6.45) is 0. The molecule has 0 radical (unpaired) electrons. The van der Waals surface area contributed by atoms with Crippen LogP contribution in [0.2, 0.25) is 0 Å². The van der Waals surface area contributed by atoms with Crippen LogP contribution in [0.15, 0.2) is 54.6 Å². The summed E-state index contributed by atoms with van der Waals surface area (Å²) >= 11 is 0. The third kappa shape index (κ3) is 5.23. The van der Waals surface area contributed by atoms with Gasteiger partial charge >= 0.3 is 0 Å². The molecule has 0 unspecified atom stereocenters. The Morgan fingerprint density at radius 3 is 2.48 bits per heavy atom. The minimum absolute atomic E-state index is 0.138. The highest BCUT2D eigenvalue weighted by Crippen LogP contribution is 2.27. The van der Waals surface area contributed by atoms with Gasteiger partial charge in [-0.05, 0) is 23.6 Å². The van der Waals surface area contributed by atoms with Crippen LogP contribution in [-0.4, -0.2) is 52.3 Å². The first-order valence-electron chi connectivity index (χ1n) is 9.70. The van der Waals surface area contributed by atoms with Gasteiger partial charge in [0.15, 0.2) is 6.54 Å². The van der Waals surface area contributed by atoms with E-state index in [1.807, 2.05) is 36.4 Å². The Bertz CT molecular complexity index is 727. The van der Waals surface area contributed by atoms with Gasteiger partial charge in [-0.3, -0.25) is 4.79 Å². The van der Waals surface area contributed by atoms with Crippen LogP contribution in [0.1, 0.15) is 18.4 Å². The van der Waals surface area contributed by atoms with Crippen molar-refractivity contribution in [3.63, 3.8) is 0 Å². The number of piperazine rings is 1. The topological polar surface area (TPSA) is 46.0 Å². The fraction of sp³-hybridized carbons (Fsp3) is 0.409. The second-order valence-corrected chi connectivity index (χ2v) is 7.20. The number of ether oxygens (including phenoxy) is 1. The van der Waals surface area contributed by atoms with Crippen molar-refractivity contribution in [2.24, 2.45) is 0 Å². The molecule has 0 aliphatic carbocycles. The average Bonchev–Trinajstić information content (AvgIpc) is 2.73. The second kappa shape index (κ2) is 9.42. The van der Waals surface area contributed by atoms with Crippen molar-refractivity contribution >= 4 is 11.6 Å². The molecule has 0 bridgehead atoms. The molecular formula is C22H30N3O2+. The molecule has 0 saturated carbocycles. The molecule has 1 fully saturated rings. The Morgan fingerprint density at radius 1 is 1.11 bits per heavy atom. The summed E-state index contributed by atoms with van der Waals surface area (Å²) in [6, 6.07) is 18.4. The molecule has 3 rings (SSSR count). The van der Waals surface area contributed by atoms with Gasteiger partial charge < -0.3 is 19.9 Å². The molecule has 27 heavy (non-hydrogen) atoms. The number of rotatable bonds is 7. The molecular weight excluding hydrogens is 338 g/mol. The lowest BCUT2D eigenvalue weighted by Gasteiger charge is -2.34. The fourth-order valence-electron chi connectivity index (χ4n) is 3.59. The highest BCUT2D eigenvalue weighted by Gasteiger charge is 2.24. The number of carbonyl (C=O) groups is 1. The lowest BCUT2D eigenvalue weighted by atomic mass is 10.0. The quantitative estimate of drug-likeness (QED) is 0.775. The summed E-state index contributed by atoms with van der Waals surface area (Å²) in [4.78, 5) is 16.0. The molecule has 2 aromatic rings. The Hall–Kier alpha value is -2.53. The minimum Gasteiger partial charge on any atom is -0.495 e. The van der Waals surface area contributed by atoms with Crippen LogP contribution in [0.25, 0.3) is 0 Å². The van der Waals surface area contributed by atoms with E-state index in [2.05, 4.69) is 35.3 Å². The number of nitrogens with one attached hydrogen (secondary N) is 2. The Kier molecular flexibility index (Phi) is 6.71. The summed E-state index contributed by atoms with van der Waals surface area (Å²) in [5.74, 6) is 1.37. The Labute approximate surface area is 161 Å². The first-order valence-corrected chi connectivity index (χ1v) is 9.70. The van der Waals surface area contributed by atoms with Crippen LogP contribution in [0.5, 0.6) is 5.75 Å². The first-order chi connectivity index (χ1) is 13.2. The zero-order chi connectivity index (χ0) is 19.1. The minimum atomic E-state index is 0.138. The zero-order valence-corrected chi connectivity index (χ0v) is 16.3. The normalized spacial score (nSPS) is 16.0. The third-order valence-electron chi connectivity index (χ3n) is 5.28. The molecule has 0 aromatic heterocycles. The van der Waals surface area contributed by atoms with E-state index in [0.717, 1.165) is 37.6 Å². The van der Waals surface area contributed by atoms with Gasteiger partial charge in [-0.2, -0.15) is 0 Å². The highest BCUT2D eigenvalue weighted by atomic mass is 16.5. The molecule has 5 heteroatoms. The molecule has 1 saturated heterocycles. The fourth-order valence-corrected chi connectivity index (χ4v) is 3.59. The van der Waals surface area contributed by atoms with E-state index in [9.17, 15) is 4.79 Å². The summed E-state index contributed by atoms with van der Waals surface area (Å²) < 4.78 is 5.47. The number of hydrogen-bond donors (Lipinski definition) is 2. The van der Waals surface area contributed by atoms with E-state index >= 15 is 0 Å². The highest BCUT2D eigenvalue weighted by molar-refractivity contribution is 5.76. The van der Waals surface area contributed by atoms with Gasteiger partial charge in [0.05, 0.1) is 39.0 Å². The predicted octanol–water partition coefficient (Wildman–Crippen LogP) is 1.32. The van der Waals surface area contributed by atoms with Gasteiger partial charge in [-0.1, -0.05) is 49.4 Å². The van der Waals surface area contributed by atoms with E-state index in [-0.39, 0.29) is 5.91 Å². The molecule has 1 amide bonds. The molecule has 1 atom stereocenters. The summed E-state index contributed by atoms with van der Waals surface area (Å²) in [5.41, 5.74) is 2.40. The average molecular weight is 369 g/mol. The van der Waals surface area contributed by atoms with Crippen molar-refractivity contribution in [3.05, 3.63) is 60.2 Å². The van der Waals surface area contributed by atoms with Gasteiger partial charge in [-0.25, -0.2) is 0 Å². The number of nitrogens with zero attached hydrogens (tertiary/aromatic N) is 1. The van der Waals surface area contributed by atoms with Crippen LogP contribution in [0.3, 0.4) is 0 Å². The van der Waals surface area contributed by atoms with E-state index < -0.39 is 0 Å². The van der Waals surface area contributed by atoms with Crippen molar-refractivity contribution in [1.29, 1.82) is 0 Å². The largest absolute Gasteiger partial charge is 0.495 e. The van der Waals surface area contributed by atoms with Crippen molar-refractivity contribution in [3.8, 4) is 5.75 Å². The van der Waals surface area contributed by atoms with Crippen LogP contribution in [-0.2, 0) is 4.79 Å². The molecule has 2 aromatic carbocycles. The van der Waals surface area contributed by atoms with Gasteiger partial charge in [0.25, 0.3) is 5.91 Å². The first kappa shape index (κ1) is 19.2. The monoisotopic (exact) mass is 368 g/mol. The van der Waals surface area contributed by atoms with Crippen LogP contribution in [0, 0.1) is 0 Å². The number of quaternary nitrogens is 1. The molecule has 0 spiro atoms. The van der Waals surface area contributed by atoms with Crippen molar-refractivity contribution in [2.75, 3.05) is 51.3 Å². The number of hydrogen-bond acceptors (Lipinski definition) is 3. The maximum Gasteiger partial charge on any atom is 0.275 e. The molecule has 2 N–H and O–H groups in total. The van der Waals surface area contributed by atoms with Crippen molar-refractivity contribution in [1.82, 2.24) is 5.32 Å². The van der Waals surface area contributed by atoms with E-state index in [1.54, 1.807) is 7.11 Å². The summed E-state index contributed by atoms with van der Waals surface area (Å²) in [5, 5.41) is 3.10. The third-order valence-corrected chi connectivity index (χ3v) is 5.28. The zero-order valence-electron chi connectivity index (χ0n) is 16.3. The lowest BCUT2D eigenvalue weighted by Crippen LogP contribution is -3.16. The van der Waals surface area contributed by atoms with E-state index in [1.165, 1.54) is 10.5 Å². The second-order valence-electron chi connectivity index (χ2n) is 7.20.